The average Bonchev–Trinajstić information content (AvgIpc) is 3.20. The largest absolute Gasteiger partial charge is 0.497 e. The lowest BCUT2D eigenvalue weighted by atomic mass is 10.2. The lowest BCUT2D eigenvalue weighted by molar-refractivity contribution is -0.132. The maximum atomic E-state index is 13.0. The summed E-state index contributed by atoms with van der Waals surface area (Å²) in [5.41, 5.74) is 2.34. The van der Waals surface area contributed by atoms with E-state index in [1.54, 1.807) is 24.4 Å². The van der Waals surface area contributed by atoms with E-state index in [1.165, 1.54) is 20.8 Å². The Morgan fingerprint density at radius 3 is 2.57 bits per heavy atom. The van der Waals surface area contributed by atoms with Crippen LogP contribution in [0.2, 0.25) is 0 Å². The number of hydrogen-bond acceptors (Lipinski definition) is 7. The van der Waals surface area contributed by atoms with E-state index in [9.17, 15) is 9.59 Å². The fourth-order valence-electron chi connectivity index (χ4n) is 4.13. The normalized spacial score (nSPS) is 13.9. The Morgan fingerprint density at radius 1 is 1.09 bits per heavy atom. The number of aromatic nitrogens is 4. The number of amides is 1. The number of ether oxygens (including phenoxy) is 1. The average molecular weight is 491 g/mol. The second kappa shape index (κ2) is 9.83. The molecule has 2 aromatic heterocycles. The number of piperazine rings is 1. The quantitative estimate of drug-likeness (QED) is 0.411. The van der Waals surface area contributed by atoms with E-state index in [1.807, 2.05) is 49.4 Å². The molecular weight excluding hydrogens is 464 g/mol. The molecule has 1 saturated heterocycles. The Labute approximate surface area is 206 Å². The van der Waals surface area contributed by atoms with Crippen LogP contribution in [0.4, 0.5) is 5.69 Å². The molecule has 0 unspecified atom stereocenters. The highest BCUT2D eigenvalue weighted by atomic mass is 32.2. The van der Waals surface area contributed by atoms with E-state index < -0.39 is 0 Å². The van der Waals surface area contributed by atoms with Gasteiger partial charge in [-0.2, -0.15) is 0 Å². The molecule has 1 aliphatic rings. The van der Waals surface area contributed by atoms with Gasteiger partial charge in [-0.1, -0.05) is 29.5 Å². The lowest BCUT2D eigenvalue weighted by Crippen LogP contribution is -2.50. The number of benzene rings is 2. The molecular formula is C25H26N6O3S. The molecule has 4 aromatic rings. The zero-order chi connectivity index (χ0) is 24.4. The Morgan fingerprint density at radius 2 is 1.86 bits per heavy atom. The number of anilines is 1. The van der Waals surface area contributed by atoms with E-state index >= 15 is 0 Å². The first-order chi connectivity index (χ1) is 17.0. The van der Waals surface area contributed by atoms with Crippen LogP contribution in [-0.4, -0.2) is 63.3 Å². The van der Waals surface area contributed by atoms with Gasteiger partial charge in [0.25, 0.3) is 0 Å². The third-order valence-corrected chi connectivity index (χ3v) is 7.00. The van der Waals surface area contributed by atoms with Crippen molar-refractivity contribution in [3.63, 3.8) is 0 Å². The molecule has 0 spiro atoms. The van der Waals surface area contributed by atoms with Gasteiger partial charge in [0.1, 0.15) is 17.3 Å². The van der Waals surface area contributed by atoms with Gasteiger partial charge >= 0.3 is 5.69 Å². The summed E-state index contributed by atoms with van der Waals surface area (Å²) in [6.45, 7) is 4.54. The Bertz CT molecular complexity index is 1410. The van der Waals surface area contributed by atoms with Crippen LogP contribution < -0.4 is 15.3 Å². The van der Waals surface area contributed by atoms with Crippen molar-refractivity contribution in [2.45, 2.75) is 23.4 Å². The molecule has 180 valence electrons. The molecule has 2 aromatic carbocycles. The van der Waals surface area contributed by atoms with Crippen molar-refractivity contribution < 1.29 is 9.53 Å². The Balaban J connectivity index is 1.27. The first-order valence-corrected chi connectivity index (χ1v) is 12.2. The van der Waals surface area contributed by atoms with Crippen molar-refractivity contribution >= 4 is 29.0 Å². The standard InChI is InChI=1S/C25H26N6O3S/c1-18-4-3-5-21(16-18)35-24-23-27-31(25(33)30(23)11-10-26-24)17-22(32)29-14-12-28(13-15-29)19-6-8-20(34-2)9-7-19/h3-11,16H,12-15,17H2,1-2H3. The summed E-state index contributed by atoms with van der Waals surface area (Å²) in [6, 6.07) is 16.0. The maximum Gasteiger partial charge on any atom is 0.350 e. The number of carbonyl (C=O) groups excluding carboxylic acids is 1. The van der Waals surface area contributed by atoms with Gasteiger partial charge in [0.15, 0.2) is 5.65 Å². The number of aryl methyl sites for hydroxylation is 1. The number of methoxy groups -OCH3 is 1. The summed E-state index contributed by atoms with van der Waals surface area (Å²) in [4.78, 5) is 35.4. The summed E-state index contributed by atoms with van der Waals surface area (Å²) in [5.74, 6) is 0.696. The van der Waals surface area contributed by atoms with Gasteiger partial charge in [0, 0.05) is 49.2 Å². The smallest absolute Gasteiger partial charge is 0.350 e. The first kappa shape index (κ1) is 23.0. The third kappa shape index (κ3) is 4.88. The van der Waals surface area contributed by atoms with Gasteiger partial charge < -0.3 is 14.5 Å². The molecule has 10 heteroatoms. The van der Waals surface area contributed by atoms with Crippen LogP contribution in [0.1, 0.15) is 5.56 Å². The minimum atomic E-state index is -0.348. The Kier molecular flexibility index (Phi) is 6.45. The molecule has 0 N–H and O–H groups in total. The molecule has 1 amide bonds. The molecule has 35 heavy (non-hydrogen) atoms. The van der Waals surface area contributed by atoms with Crippen LogP contribution in [0.3, 0.4) is 0 Å². The summed E-state index contributed by atoms with van der Waals surface area (Å²) in [7, 11) is 1.65. The topological polar surface area (TPSA) is 85.0 Å². The first-order valence-electron chi connectivity index (χ1n) is 11.4. The molecule has 5 rings (SSSR count). The van der Waals surface area contributed by atoms with Crippen molar-refractivity contribution in [1.82, 2.24) is 24.1 Å². The van der Waals surface area contributed by atoms with Crippen LogP contribution in [0, 0.1) is 6.92 Å². The van der Waals surface area contributed by atoms with Gasteiger partial charge in [-0.3, -0.25) is 4.79 Å². The van der Waals surface area contributed by atoms with E-state index in [0.717, 1.165) is 35.0 Å². The van der Waals surface area contributed by atoms with Crippen molar-refractivity contribution in [2.75, 3.05) is 38.2 Å². The summed E-state index contributed by atoms with van der Waals surface area (Å²) in [6.07, 6.45) is 3.17. The number of hydrogen-bond donors (Lipinski definition) is 0. The van der Waals surface area contributed by atoms with Gasteiger partial charge in [-0.15, -0.1) is 5.10 Å². The van der Waals surface area contributed by atoms with Crippen molar-refractivity contribution in [3.8, 4) is 5.75 Å². The molecule has 0 atom stereocenters. The predicted octanol–water partition coefficient (Wildman–Crippen LogP) is 2.71. The van der Waals surface area contributed by atoms with Gasteiger partial charge in [-0.05, 0) is 43.3 Å². The van der Waals surface area contributed by atoms with Gasteiger partial charge in [0.2, 0.25) is 5.91 Å². The van der Waals surface area contributed by atoms with Crippen LogP contribution in [0.25, 0.3) is 5.65 Å². The molecule has 1 fully saturated rings. The van der Waals surface area contributed by atoms with Crippen LogP contribution in [0.15, 0.2) is 75.6 Å². The number of fused-ring (bicyclic) bond motifs is 1. The lowest BCUT2D eigenvalue weighted by Gasteiger charge is -2.36. The summed E-state index contributed by atoms with van der Waals surface area (Å²) >= 11 is 1.45. The monoisotopic (exact) mass is 490 g/mol. The molecule has 1 aliphatic heterocycles. The number of carbonyl (C=O) groups is 1. The molecule has 0 bridgehead atoms. The highest BCUT2D eigenvalue weighted by Gasteiger charge is 2.23. The molecule has 9 nitrogen and oxygen atoms in total. The van der Waals surface area contributed by atoms with Crippen LogP contribution in [-0.2, 0) is 11.3 Å². The van der Waals surface area contributed by atoms with Crippen LogP contribution >= 0.6 is 11.8 Å². The van der Waals surface area contributed by atoms with Gasteiger partial charge in [-0.25, -0.2) is 18.9 Å². The minimum absolute atomic E-state index is 0.0996. The second-order valence-electron chi connectivity index (χ2n) is 8.35. The molecule has 0 saturated carbocycles. The third-order valence-electron chi connectivity index (χ3n) is 6.03. The van der Waals surface area contributed by atoms with E-state index in [-0.39, 0.29) is 18.1 Å². The fourth-order valence-corrected chi connectivity index (χ4v) is 5.09. The SMILES string of the molecule is COc1ccc(N2CCN(C(=O)Cn3nc4c(Sc5cccc(C)c5)nccn4c3=O)CC2)cc1. The molecule has 0 aliphatic carbocycles. The zero-order valence-electron chi connectivity index (χ0n) is 19.6. The van der Waals surface area contributed by atoms with Crippen molar-refractivity contribution in [2.24, 2.45) is 0 Å². The maximum absolute atomic E-state index is 13.0. The van der Waals surface area contributed by atoms with Crippen LogP contribution in [0.5, 0.6) is 5.75 Å². The van der Waals surface area contributed by atoms with E-state index in [2.05, 4.69) is 21.0 Å². The van der Waals surface area contributed by atoms with Crippen molar-refractivity contribution in [3.05, 3.63) is 77.0 Å². The zero-order valence-corrected chi connectivity index (χ0v) is 20.4. The Hall–Kier alpha value is -3.79. The van der Waals surface area contributed by atoms with Gasteiger partial charge in [0.05, 0.1) is 7.11 Å². The fraction of sp³-hybridized carbons (Fsp3) is 0.280. The molecule has 0 radical (unpaired) electrons. The minimum Gasteiger partial charge on any atom is -0.497 e. The van der Waals surface area contributed by atoms with E-state index in [0.29, 0.717) is 23.8 Å². The van der Waals surface area contributed by atoms with Crippen molar-refractivity contribution in [1.29, 1.82) is 0 Å². The van der Waals surface area contributed by atoms with E-state index in [4.69, 9.17) is 4.74 Å². The molecule has 3 heterocycles. The highest BCUT2D eigenvalue weighted by molar-refractivity contribution is 7.99. The number of rotatable bonds is 6. The summed E-state index contributed by atoms with van der Waals surface area (Å²) in [5, 5.41) is 5.08. The second-order valence-corrected chi connectivity index (χ2v) is 9.41. The predicted molar refractivity (Wildman–Crippen MR) is 134 cm³/mol. The number of nitrogens with zero attached hydrogens (tertiary/aromatic N) is 6. The highest BCUT2D eigenvalue weighted by Crippen LogP contribution is 2.28. The summed E-state index contributed by atoms with van der Waals surface area (Å²) < 4.78 is 7.90.